The van der Waals surface area contributed by atoms with Crippen molar-refractivity contribution < 1.29 is 14.7 Å². The Labute approximate surface area is 126 Å². The second-order valence-corrected chi connectivity index (χ2v) is 6.73. The van der Waals surface area contributed by atoms with Crippen LogP contribution in [-0.2, 0) is 16.0 Å². The van der Waals surface area contributed by atoms with Gasteiger partial charge in [-0.3, -0.25) is 9.59 Å². The second-order valence-electron chi connectivity index (χ2n) is 5.82. The number of benzene rings is 1. The molecule has 1 heterocycles. The molecule has 1 atom stereocenters. The van der Waals surface area contributed by atoms with Gasteiger partial charge in [-0.1, -0.05) is 18.2 Å². The molecule has 0 spiro atoms. The Hall–Kier alpha value is -1.88. The minimum atomic E-state index is -1.42. The first kappa shape index (κ1) is 14.1. The molecule has 1 unspecified atom stereocenters. The third kappa shape index (κ3) is 2.65. The highest BCUT2D eigenvalue weighted by Crippen LogP contribution is 2.33. The SMILES string of the molecule is CC(Cc1csc2ccccc12)(C(=O)O)C(=O)NC1CC1. The van der Waals surface area contributed by atoms with Crippen molar-refractivity contribution in [3.8, 4) is 0 Å². The molecule has 110 valence electrons. The van der Waals surface area contributed by atoms with Crippen LogP contribution >= 0.6 is 11.3 Å². The molecule has 0 aliphatic heterocycles. The van der Waals surface area contributed by atoms with Crippen LogP contribution in [0.3, 0.4) is 0 Å². The van der Waals surface area contributed by atoms with Crippen molar-refractivity contribution in [1.82, 2.24) is 5.32 Å². The van der Waals surface area contributed by atoms with Crippen LogP contribution in [0.1, 0.15) is 25.3 Å². The van der Waals surface area contributed by atoms with Crippen LogP contribution in [0.2, 0.25) is 0 Å². The number of hydrogen-bond donors (Lipinski definition) is 2. The van der Waals surface area contributed by atoms with Gasteiger partial charge in [-0.25, -0.2) is 0 Å². The molecule has 1 fully saturated rings. The lowest BCUT2D eigenvalue weighted by atomic mass is 9.82. The molecule has 1 aliphatic carbocycles. The quantitative estimate of drug-likeness (QED) is 0.835. The number of amides is 1. The molecule has 0 radical (unpaired) electrons. The minimum absolute atomic E-state index is 0.162. The van der Waals surface area contributed by atoms with E-state index in [9.17, 15) is 14.7 Å². The summed E-state index contributed by atoms with van der Waals surface area (Å²) in [5, 5.41) is 15.4. The van der Waals surface area contributed by atoms with Crippen molar-refractivity contribution in [3.63, 3.8) is 0 Å². The summed E-state index contributed by atoms with van der Waals surface area (Å²) in [7, 11) is 0. The molecule has 5 heteroatoms. The zero-order valence-electron chi connectivity index (χ0n) is 11.8. The van der Waals surface area contributed by atoms with Crippen molar-refractivity contribution in [2.45, 2.75) is 32.2 Å². The Morgan fingerprint density at radius 1 is 1.38 bits per heavy atom. The van der Waals surface area contributed by atoms with Gasteiger partial charge in [-0.15, -0.1) is 11.3 Å². The van der Waals surface area contributed by atoms with Crippen molar-refractivity contribution in [1.29, 1.82) is 0 Å². The summed E-state index contributed by atoms with van der Waals surface area (Å²) in [6.07, 6.45) is 2.11. The number of nitrogens with one attached hydrogen (secondary N) is 1. The van der Waals surface area contributed by atoms with Crippen LogP contribution in [0.4, 0.5) is 0 Å². The monoisotopic (exact) mass is 303 g/mol. The fraction of sp³-hybridized carbons (Fsp3) is 0.375. The number of hydrogen-bond acceptors (Lipinski definition) is 3. The molecule has 2 N–H and O–H groups in total. The van der Waals surface area contributed by atoms with E-state index in [1.165, 1.54) is 6.92 Å². The third-order valence-electron chi connectivity index (χ3n) is 3.99. The summed E-state index contributed by atoms with van der Waals surface area (Å²) in [6, 6.07) is 8.03. The predicted octanol–water partition coefficient (Wildman–Crippen LogP) is 2.81. The van der Waals surface area contributed by atoms with Crippen molar-refractivity contribution in [3.05, 3.63) is 35.2 Å². The molecule has 0 bridgehead atoms. The zero-order chi connectivity index (χ0) is 15.0. The molecular formula is C16H17NO3S. The van der Waals surface area contributed by atoms with E-state index in [2.05, 4.69) is 5.32 Å². The summed E-state index contributed by atoms with van der Waals surface area (Å²) >= 11 is 1.58. The van der Waals surface area contributed by atoms with Gasteiger partial charge in [-0.05, 0) is 48.6 Å². The molecule has 21 heavy (non-hydrogen) atoms. The summed E-state index contributed by atoms with van der Waals surface area (Å²) in [6.45, 7) is 1.51. The number of carbonyl (C=O) groups excluding carboxylic acids is 1. The fourth-order valence-corrected chi connectivity index (χ4v) is 3.34. The van der Waals surface area contributed by atoms with Crippen LogP contribution in [0.15, 0.2) is 29.6 Å². The minimum Gasteiger partial charge on any atom is -0.480 e. The van der Waals surface area contributed by atoms with Gasteiger partial charge in [0.25, 0.3) is 0 Å². The van der Waals surface area contributed by atoms with Crippen LogP contribution < -0.4 is 5.32 Å². The number of thiophene rings is 1. The molecule has 2 aromatic rings. The number of fused-ring (bicyclic) bond motifs is 1. The van der Waals surface area contributed by atoms with Crippen LogP contribution in [0.5, 0.6) is 0 Å². The van der Waals surface area contributed by atoms with Gasteiger partial charge in [0.15, 0.2) is 0 Å². The molecule has 1 saturated carbocycles. The average molecular weight is 303 g/mol. The average Bonchev–Trinajstić information content (AvgIpc) is 3.19. The van der Waals surface area contributed by atoms with E-state index in [0.717, 1.165) is 28.5 Å². The number of carboxylic acids is 1. The first-order chi connectivity index (χ1) is 10.0. The van der Waals surface area contributed by atoms with Crippen molar-refractivity contribution in [2.75, 3.05) is 0 Å². The first-order valence-electron chi connectivity index (χ1n) is 7.00. The van der Waals surface area contributed by atoms with Gasteiger partial charge in [0.1, 0.15) is 5.41 Å². The van der Waals surface area contributed by atoms with Gasteiger partial charge in [0.2, 0.25) is 5.91 Å². The maximum atomic E-state index is 12.3. The third-order valence-corrected chi connectivity index (χ3v) is 5.00. The van der Waals surface area contributed by atoms with Gasteiger partial charge >= 0.3 is 5.97 Å². The van der Waals surface area contributed by atoms with Crippen LogP contribution in [0.25, 0.3) is 10.1 Å². The summed E-state index contributed by atoms with van der Waals surface area (Å²) < 4.78 is 1.11. The second kappa shape index (κ2) is 5.15. The Bertz CT molecular complexity index is 704. The number of carboxylic acid groups (broad SMARTS) is 1. The fourth-order valence-electron chi connectivity index (χ4n) is 2.38. The lowest BCUT2D eigenvalue weighted by Gasteiger charge is -2.23. The molecule has 4 nitrogen and oxygen atoms in total. The summed E-state index contributed by atoms with van der Waals surface area (Å²) in [5.74, 6) is -1.45. The maximum Gasteiger partial charge on any atom is 0.319 e. The molecule has 1 amide bonds. The molecule has 1 aromatic heterocycles. The zero-order valence-corrected chi connectivity index (χ0v) is 12.6. The summed E-state index contributed by atoms with van der Waals surface area (Å²) in [4.78, 5) is 24.0. The van der Waals surface area contributed by atoms with Gasteiger partial charge in [0.05, 0.1) is 0 Å². The number of rotatable bonds is 5. The van der Waals surface area contributed by atoms with Crippen molar-refractivity contribution >= 4 is 33.3 Å². The number of carbonyl (C=O) groups is 2. The van der Waals surface area contributed by atoms with Crippen molar-refractivity contribution in [2.24, 2.45) is 5.41 Å². The summed E-state index contributed by atoms with van der Waals surface area (Å²) in [5.41, 5.74) is -0.502. The molecular weight excluding hydrogens is 286 g/mol. The van der Waals surface area contributed by atoms with Gasteiger partial charge < -0.3 is 10.4 Å². The Morgan fingerprint density at radius 2 is 2.10 bits per heavy atom. The molecule has 3 rings (SSSR count). The van der Waals surface area contributed by atoms with Gasteiger partial charge in [0, 0.05) is 10.7 Å². The Morgan fingerprint density at radius 3 is 2.76 bits per heavy atom. The smallest absolute Gasteiger partial charge is 0.319 e. The van der Waals surface area contributed by atoms with E-state index in [1.54, 1.807) is 11.3 Å². The van der Waals surface area contributed by atoms with Crippen LogP contribution in [-0.4, -0.2) is 23.0 Å². The van der Waals surface area contributed by atoms with E-state index in [4.69, 9.17) is 0 Å². The molecule has 1 aromatic carbocycles. The Kier molecular flexibility index (Phi) is 3.45. The largest absolute Gasteiger partial charge is 0.480 e. The lowest BCUT2D eigenvalue weighted by molar-refractivity contribution is -0.154. The highest BCUT2D eigenvalue weighted by molar-refractivity contribution is 7.17. The van der Waals surface area contributed by atoms with E-state index in [0.29, 0.717) is 0 Å². The number of aliphatic carboxylic acids is 1. The highest BCUT2D eigenvalue weighted by Gasteiger charge is 2.43. The Balaban J connectivity index is 1.90. The van der Waals surface area contributed by atoms with E-state index in [1.807, 2.05) is 29.6 Å². The molecule has 1 aliphatic rings. The normalized spacial score (nSPS) is 17.4. The molecule has 0 saturated heterocycles. The topological polar surface area (TPSA) is 66.4 Å². The standard InChI is InChI=1S/C16H17NO3S/c1-16(15(19)20,14(18)17-11-6-7-11)8-10-9-21-13-5-3-2-4-12(10)13/h2-5,9,11H,6-8H2,1H3,(H,17,18)(H,19,20). The van der Waals surface area contributed by atoms with E-state index < -0.39 is 11.4 Å². The van der Waals surface area contributed by atoms with Gasteiger partial charge in [-0.2, -0.15) is 0 Å². The highest BCUT2D eigenvalue weighted by atomic mass is 32.1. The van der Waals surface area contributed by atoms with E-state index in [-0.39, 0.29) is 18.4 Å². The van der Waals surface area contributed by atoms with E-state index >= 15 is 0 Å². The lowest BCUT2D eigenvalue weighted by Crippen LogP contribution is -2.46. The van der Waals surface area contributed by atoms with Crippen LogP contribution in [0, 0.1) is 5.41 Å². The predicted molar refractivity (Wildman–Crippen MR) is 82.4 cm³/mol. The maximum absolute atomic E-state index is 12.3. The first-order valence-corrected chi connectivity index (χ1v) is 7.88.